The largest absolute Gasteiger partial charge is 0.383 e. The van der Waals surface area contributed by atoms with Crippen molar-refractivity contribution in [2.75, 3.05) is 5.73 Å². The molecule has 33 heavy (non-hydrogen) atoms. The maximum absolute atomic E-state index is 14.7. The Balaban J connectivity index is 1.62. The predicted octanol–water partition coefficient (Wildman–Crippen LogP) is 5.16. The monoisotopic (exact) mass is 481 g/mol. The molecule has 0 saturated carbocycles. The third kappa shape index (κ3) is 3.75. The first-order chi connectivity index (χ1) is 15.8. The maximum atomic E-state index is 14.7. The molecule has 2 N–H and O–H groups in total. The Morgan fingerprint density at radius 2 is 1.88 bits per heavy atom. The molecule has 0 spiro atoms. The van der Waals surface area contributed by atoms with Crippen LogP contribution in [0.4, 0.5) is 14.6 Å². The highest BCUT2D eigenvalue weighted by Crippen LogP contribution is 2.33. The fraction of sp³-hybridized carbons (Fsp3) is 0.130. The highest BCUT2D eigenvalue weighted by Gasteiger charge is 2.18. The van der Waals surface area contributed by atoms with Gasteiger partial charge in [-0.25, -0.2) is 23.7 Å². The summed E-state index contributed by atoms with van der Waals surface area (Å²) in [4.78, 5) is 28.8. The molecule has 0 saturated heterocycles. The molecule has 0 aliphatic rings. The van der Waals surface area contributed by atoms with Crippen molar-refractivity contribution in [2.24, 2.45) is 0 Å². The molecule has 0 amide bonds. The second-order valence-corrected chi connectivity index (χ2v) is 9.57. The lowest BCUT2D eigenvalue weighted by molar-refractivity contribution is 0.572. The highest BCUT2D eigenvalue weighted by atomic mass is 32.2. The minimum absolute atomic E-state index is 0.0810. The van der Waals surface area contributed by atoms with Crippen molar-refractivity contribution in [1.29, 1.82) is 0 Å². The molecule has 10 heteroatoms. The first-order valence-corrected chi connectivity index (χ1v) is 11.8. The van der Waals surface area contributed by atoms with Crippen LogP contribution in [0.2, 0.25) is 0 Å². The molecule has 0 fully saturated rings. The second kappa shape index (κ2) is 8.20. The van der Waals surface area contributed by atoms with Gasteiger partial charge in [0.1, 0.15) is 28.1 Å². The Bertz CT molecular complexity index is 1610. The minimum atomic E-state index is -0.859. The van der Waals surface area contributed by atoms with E-state index in [9.17, 15) is 13.6 Å². The number of para-hydroxylation sites is 1. The Morgan fingerprint density at radius 1 is 1.09 bits per heavy atom. The molecule has 0 atom stereocenters. The number of nitrogens with two attached hydrogens (primary N) is 1. The fourth-order valence-corrected chi connectivity index (χ4v) is 5.52. The van der Waals surface area contributed by atoms with Crippen LogP contribution in [0.1, 0.15) is 16.3 Å². The maximum Gasteiger partial charge on any atom is 0.266 e. The van der Waals surface area contributed by atoms with Crippen molar-refractivity contribution in [3.05, 3.63) is 80.7 Å². The van der Waals surface area contributed by atoms with Gasteiger partial charge in [-0.15, -0.1) is 11.3 Å². The molecule has 0 aliphatic heterocycles. The number of rotatable bonds is 4. The van der Waals surface area contributed by atoms with Crippen molar-refractivity contribution in [2.45, 2.75) is 24.8 Å². The van der Waals surface area contributed by atoms with Crippen molar-refractivity contribution >= 4 is 50.0 Å². The molecule has 6 nitrogen and oxygen atoms in total. The smallest absolute Gasteiger partial charge is 0.266 e. The van der Waals surface area contributed by atoms with Crippen molar-refractivity contribution < 1.29 is 8.78 Å². The molecule has 5 rings (SSSR count). The Morgan fingerprint density at radius 3 is 2.67 bits per heavy atom. The normalized spacial score (nSPS) is 11.5. The average Bonchev–Trinajstić information content (AvgIpc) is 3.07. The van der Waals surface area contributed by atoms with Gasteiger partial charge in [0.15, 0.2) is 5.16 Å². The third-order valence-corrected chi connectivity index (χ3v) is 7.36. The number of fused-ring (bicyclic) bond motifs is 2. The van der Waals surface area contributed by atoms with E-state index < -0.39 is 17.2 Å². The number of aromatic nitrogens is 4. The summed E-state index contributed by atoms with van der Waals surface area (Å²) in [6.45, 7) is 3.99. The van der Waals surface area contributed by atoms with Crippen LogP contribution in [0.15, 0.2) is 52.4 Å². The zero-order valence-electron chi connectivity index (χ0n) is 17.6. The summed E-state index contributed by atoms with van der Waals surface area (Å²) in [6, 6.07) is 9.88. The number of hydrogen-bond acceptors (Lipinski definition) is 7. The van der Waals surface area contributed by atoms with Gasteiger partial charge in [0.25, 0.3) is 5.56 Å². The van der Waals surface area contributed by atoms with E-state index in [1.807, 2.05) is 13.8 Å². The molecule has 3 aromatic heterocycles. The molecule has 0 bridgehead atoms. The van der Waals surface area contributed by atoms with E-state index in [0.29, 0.717) is 22.5 Å². The van der Waals surface area contributed by atoms with Crippen LogP contribution in [0.25, 0.3) is 26.8 Å². The number of nitrogen functional groups attached to an aromatic ring is 1. The van der Waals surface area contributed by atoms with Crippen LogP contribution in [0.5, 0.6) is 0 Å². The van der Waals surface area contributed by atoms with E-state index in [2.05, 4.69) is 15.0 Å². The number of benzene rings is 2. The molecule has 0 aliphatic carbocycles. The number of hydrogen-bond donors (Lipinski definition) is 1. The Kier molecular flexibility index (Phi) is 5.34. The number of aryl methyl sites for hydroxylation is 2. The molecular formula is C23H17F2N5OS2. The second-order valence-electron chi connectivity index (χ2n) is 7.42. The van der Waals surface area contributed by atoms with Crippen LogP contribution in [-0.4, -0.2) is 19.5 Å². The van der Waals surface area contributed by atoms with Crippen LogP contribution in [0, 0.1) is 25.5 Å². The van der Waals surface area contributed by atoms with E-state index in [-0.39, 0.29) is 16.6 Å². The zero-order chi connectivity index (χ0) is 23.3. The zero-order valence-corrected chi connectivity index (χ0v) is 19.2. The van der Waals surface area contributed by atoms with Crippen molar-refractivity contribution in [3.8, 4) is 5.69 Å². The van der Waals surface area contributed by atoms with Gasteiger partial charge in [0.2, 0.25) is 0 Å². The first kappa shape index (κ1) is 21.5. The SMILES string of the molecule is Cc1sc2nc(CSc3nc4ccccc4c(=O)n3-c3ccc(F)cc3F)nc(N)c2c1C. The summed E-state index contributed by atoms with van der Waals surface area (Å²) in [7, 11) is 0. The minimum Gasteiger partial charge on any atom is -0.383 e. The summed E-state index contributed by atoms with van der Waals surface area (Å²) in [5.41, 5.74) is 7.19. The number of halogens is 2. The van der Waals surface area contributed by atoms with Crippen molar-refractivity contribution in [1.82, 2.24) is 19.5 Å². The molecule has 5 aromatic rings. The Hall–Kier alpha value is -3.37. The summed E-state index contributed by atoms with van der Waals surface area (Å²) in [6.07, 6.45) is 0. The van der Waals surface area contributed by atoms with Gasteiger partial charge >= 0.3 is 0 Å². The van der Waals surface area contributed by atoms with Gasteiger partial charge in [-0.1, -0.05) is 23.9 Å². The molecule has 0 unspecified atom stereocenters. The lowest BCUT2D eigenvalue weighted by atomic mass is 10.2. The van der Waals surface area contributed by atoms with Crippen LogP contribution >= 0.6 is 23.1 Å². The average molecular weight is 482 g/mol. The summed E-state index contributed by atoms with van der Waals surface area (Å²) < 4.78 is 29.3. The lowest BCUT2D eigenvalue weighted by Gasteiger charge is -2.14. The Labute approximate surface area is 195 Å². The number of thiophene rings is 1. The predicted molar refractivity (Wildman–Crippen MR) is 128 cm³/mol. The molecule has 166 valence electrons. The fourth-order valence-electron chi connectivity index (χ4n) is 3.60. The van der Waals surface area contributed by atoms with E-state index >= 15 is 0 Å². The molecule has 3 heterocycles. The topological polar surface area (TPSA) is 86.7 Å². The van der Waals surface area contributed by atoms with Gasteiger partial charge in [-0.3, -0.25) is 9.36 Å². The lowest BCUT2D eigenvalue weighted by Crippen LogP contribution is -2.22. The van der Waals surface area contributed by atoms with E-state index in [1.165, 1.54) is 17.8 Å². The van der Waals surface area contributed by atoms with E-state index in [1.54, 1.807) is 35.6 Å². The van der Waals surface area contributed by atoms with E-state index in [0.717, 1.165) is 37.4 Å². The molecule has 0 radical (unpaired) electrons. The summed E-state index contributed by atoms with van der Waals surface area (Å²) in [5, 5.41) is 1.42. The van der Waals surface area contributed by atoms with E-state index in [4.69, 9.17) is 5.73 Å². The number of nitrogens with zero attached hydrogens (tertiary/aromatic N) is 4. The van der Waals surface area contributed by atoms with Gasteiger partial charge in [-0.2, -0.15) is 0 Å². The summed E-state index contributed by atoms with van der Waals surface area (Å²) in [5.74, 6) is -0.469. The van der Waals surface area contributed by atoms with Crippen LogP contribution in [0.3, 0.4) is 0 Å². The third-order valence-electron chi connectivity index (χ3n) is 5.33. The van der Waals surface area contributed by atoms with Gasteiger partial charge < -0.3 is 5.73 Å². The number of thioether (sulfide) groups is 1. The summed E-state index contributed by atoms with van der Waals surface area (Å²) >= 11 is 2.72. The highest BCUT2D eigenvalue weighted by molar-refractivity contribution is 7.98. The standard InChI is InChI=1S/C23H17F2N5OS2/c1-11-12(2)33-21-19(11)20(26)28-18(29-21)10-32-23-27-16-6-4-3-5-14(16)22(31)30(23)17-8-7-13(24)9-15(17)25/h3-9H,10H2,1-2H3,(H2,26,28,29). The quantitative estimate of drug-likeness (QED) is 0.282. The molecule has 2 aromatic carbocycles. The molecular weight excluding hydrogens is 464 g/mol. The van der Waals surface area contributed by atoms with Gasteiger partial charge in [0.05, 0.1) is 27.7 Å². The number of anilines is 1. The first-order valence-electron chi connectivity index (χ1n) is 9.95. The van der Waals surface area contributed by atoms with Gasteiger partial charge in [0, 0.05) is 10.9 Å². The van der Waals surface area contributed by atoms with Crippen LogP contribution in [-0.2, 0) is 5.75 Å². The van der Waals surface area contributed by atoms with Crippen molar-refractivity contribution in [3.63, 3.8) is 0 Å². The van der Waals surface area contributed by atoms with Crippen LogP contribution < -0.4 is 11.3 Å². The van der Waals surface area contributed by atoms with Gasteiger partial charge in [-0.05, 0) is 43.7 Å².